The predicted octanol–water partition coefficient (Wildman–Crippen LogP) is 3.87. The number of alkyl halides is 3. The highest BCUT2D eigenvalue weighted by molar-refractivity contribution is 6.31. The molecule has 102 valence electrons. The van der Waals surface area contributed by atoms with Crippen molar-refractivity contribution in [1.29, 1.82) is 0 Å². The Bertz CT molecular complexity index is 624. The van der Waals surface area contributed by atoms with E-state index >= 15 is 0 Å². The zero-order chi connectivity index (χ0) is 14.2. The lowest BCUT2D eigenvalue weighted by molar-refractivity contribution is -0.137. The summed E-state index contributed by atoms with van der Waals surface area (Å²) in [6, 6.07) is 1.26. The summed E-state index contributed by atoms with van der Waals surface area (Å²) < 4.78 is 51.8. The van der Waals surface area contributed by atoms with Crippen molar-refractivity contribution >= 4 is 17.8 Å². The molecule has 0 aliphatic carbocycles. The third kappa shape index (κ3) is 2.51. The molecule has 0 saturated carbocycles. The Balaban J connectivity index is 2.58. The lowest BCUT2D eigenvalue weighted by Crippen LogP contribution is -2.09. The van der Waals surface area contributed by atoms with E-state index in [2.05, 4.69) is 15.2 Å². The highest BCUT2D eigenvalue weighted by atomic mass is 35.5. The lowest BCUT2D eigenvalue weighted by atomic mass is 10.0. The van der Waals surface area contributed by atoms with Crippen molar-refractivity contribution in [2.24, 2.45) is 4.99 Å². The lowest BCUT2D eigenvalue weighted by Gasteiger charge is -2.15. The van der Waals surface area contributed by atoms with Gasteiger partial charge in [0.1, 0.15) is 0 Å². The Morgan fingerprint density at radius 1 is 1.26 bits per heavy atom. The molecule has 0 aliphatic rings. The van der Waals surface area contributed by atoms with E-state index in [1.165, 1.54) is 13.3 Å². The van der Waals surface area contributed by atoms with Crippen LogP contribution in [0.3, 0.4) is 0 Å². The molecule has 0 amide bonds. The second-order valence-electron chi connectivity index (χ2n) is 3.74. The predicted molar refractivity (Wildman–Crippen MR) is 64.1 cm³/mol. The molecule has 1 heterocycles. The third-order valence-electron chi connectivity index (χ3n) is 2.47. The number of aromatic amines is 2. The summed E-state index contributed by atoms with van der Waals surface area (Å²) in [6.07, 6.45) is -3.23. The third-order valence-corrected chi connectivity index (χ3v) is 2.75. The molecule has 0 spiro atoms. The van der Waals surface area contributed by atoms with Crippen LogP contribution in [0.5, 0.6) is 0 Å². The molecule has 1 aromatic heterocycles. The van der Waals surface area contributed by atoms with Crippen molar-refractivity contribution in [2.75, 3.05) is 7.05 Å². The van der Waals surface area contributed by atoms with E-state index < -0.39 is 22.6 Å². The van der Waals surface area contributed by atoms with Crippen LogP contribution in [0.15, 0.2) is 17.1 Å². The van der Waals surface area contributed by atoms with Crippen LogP contribution in [0.2, 0.25) is 5.02 Å². The van der Waals surface area contributed by atoms with Crippen LogP contribution in [-0.4, -0.2) is 23.5 Å². The first-order valence-corrected chi connectivity index (χ1v) is 5.47. The molecule has 0 radical (unpaired) electrons. The van der Waals surface area contributed by atoms with Gasteiger partial charge in [-0.1, -0.05) is 11.6 Å². The molecule has 2 aromatic rings. The Kier molecular flexibility index (Phi) is 3.40. The monoisotopic (exact) mass is 293 g/mol. The van der Waals surface area contributed by atoms with Gasteiger partial charge in [0.2, 0.25) is 0 Å². The number of halogens is 5. The highest BCUT2D eigenvalue weighted by Crippen LogP contribution is 2.37. The number of aliphatic imine (C=N–C) groups is 1. The van der Waals surface area contributed by atoms with E-state index in [9.17, 15) is 17.6 Å². The molecular weight excluding hydrogens is 286 g/mol. The average Bonchev–Trinajstić information content (AvgIpc) is 2.28. The molecule has 8 heteroatoms. The summed E-state index contributed by atoms with van der Waals surface area (Å²) in [7, 11) is 1.49. The van der Waals surface area contributed by atoms with Gasteiger partial charge in [0.25, 0.3) is 0 Å². The molecule has 0 atom stereocenters. The minimum absolute atomic E-state index is 0.177. The van der Waals surface area contributed by atoms with Crippen LogP contribution >= 0.6 is 11.6 Å². The molecular formula is C11H8ClF4N3. The van der Waals surface area contributed by atoms with Crippen LogP contribution in [0.1, 0.15) is 11.3 Å². The number of benzene rings is 1. The molecule has 19 heavy (non-hydrogen) atoms. The van der Waals surface area contributed by atoms with E-state index in [-0.39, 0.29) is 11.3 Å². The van der Waals surface area contributed by atoms with E-state index in [0.717, 1.165) is 0 Å². The standard InChI is InChI=1S/C11H8ClF4N3/c1-17-4-8-10(19-18-8)6-2-5(11(14,15)16)3-7(12)9(6)13/h2-4,18-19H,1H3. The van der Waals surface area contributed by atoms with Gasteiger partial charge < -0.3 is 0 Å². The molecule has 0 unspecified atom stereocenters. The molecule has 3 nitrogen and oxygen atoms in total. The van der Waals surface area contributed by atoms with Crippen LogP contribution < -0.4 is 0 Å². The minimum atomic E-state index is -4.59. The fourth-order valence-corrected chi connectivity index (χ4v) is 1.79. The largest absolute Gasteiger partial charge is 0.416 e. The second-order valence-corrected chi connectivity index (χ2v) is 4.15. The van der Waals surface area contributed by atoms with Crippen LogP contribution in [0.4, 0.5) is 17.6 Å². The summed E-state index contributed by atoms with van der Waals surface area (Å²) in [5.41, 5.74) is -0.704. The topological polar surface area (TPSA) is 43.9 Å². The van der Waals surface area contributed by atoms with Crippen molar-refractivity contribution < 1.29 is 17.6 Å². The normalized spacial score (nSPS) is 12.5. The summed E-state index contributed by atoms with van der Waals surface area (Å²) in [5, 5.41) is 4.52. The number of hydrogen-bond acceptors (Lipinski definition) is 1. The Hall–Kier alpha value is -1.76. The molecule has 2 N–H and O–H groups in total. The van der Waals surface area contributed by atoms with Gasteiger partial charge in [-0.2, -0.15) is 13.2 Å². The van der Waals surface area contributed by atoms with Gasteiger partial charge in [0.05, 0.1) is 22.0 Å². The van der Waals surface area contributed by atoms with Crippen molar-refractivity contribution in [3.63, 3.8) is 0 Å². The van der Waals surface area contributed by atoms with E-state index in [4.69, 9.17) is 11.6 Å². The summed E-state index contributed by atoms with van der Waals surface area (Å²) in [4.78, 5) is 3.69. The van der Waals surface area contributed by atoms with Crippen molar-refractivity contribution in [2.45, 2.75) is 6.18 Å². The first-order valence-electron chi connectivity index (χ1n) is 5.09. The first-order chi connectivity index (χ1) is 8.84. The summed E-state index contributed by atoms with van der Waals surface area (Å²) >= 11 is 5.50. The maximum Gasteiger partial charge on any atom is 0.416 e. The molecule has 0 fully saturated rings. The van der Waals surface area contributed by atoms with Crippen LogP contribution in [0.25, 0.3) is 11.3 Å². The first kappa shape index (κ1) is 13.7. The second kappa shape index (κ2) is 4.73. The van der Waals surface area contributed by atoms with Crippen LogP contribution in [0, 0.1) is 5.82 Å². The van der Waals surface area contributed by atoms with Gasteiger partial charge in [-0.15, -0.1) is 0 Å². The Morgan fingerprint density at radius 3 is 2.42 bits per heavy atom. The molecule has 2 rings (SSSR count). The van der Waals surface area contributed by atoms with Gasteiger partial charge in [0.15, 0.2) is 5.82 Å². The average molecular weight is 294 g/mol. The van der Waals surface area contributed by atoms with E-state index in [1.807, 2.05) is 0 Å². The molecule has 0 aliphatic heterocycles. The zero-order valence-corrected chi connectivity index (χ0v) is 10.3. The van der Waals surface area contributed by atoms with E-state index in [1.54, 1.807) is 0 Å². The zero-order valence-electron chi connectivity index (χ0n) is 9.57. The minimum Gasteiger partial charge on any atom is -0.298 e. The summed E-state index contributed by atoms with van der Waals surface area (Å²) in [5.74, 6) is -0.916. The van der Waals surface area contributed by atoms with E-state index in [0.29, 0.717) is 17.8 Å². The van der Waals surface area contributed by atoms with Gasteiger partial charge in [-0.05, 0) is 12.1 Å². The van der Waals surface area contributed by atoms with Crippen LogP contribution in [-0.2, 0) is 6.18 Å². The fraction of sp³-hybridized carbons (Fsp3) is 0.182. The quantitative estimate of drug-likeness (QED) is 0.624. The van der Waals surface area contributed by atoms with Gasteiger partial charge in [0, 0.05) is 18.8 Å². The van der Waals surface area contributed by atoms with Crippen molar-refractivity contribution in [3.05, 3.63) is 34.2 Å². The fourth-order valence-electron chi connectivity index (χ4n) is 1.57. The van der Waals surface area contributed by atoms with Gasteiger partial charge in [-0.25, -0.2) is 4.39 Å². The highest BCUT2D eigenvalue weighted by Gasteiger charge is 2.33. The Labute approximate surface area is 110 Å². The van der Waals surface area contributed by atoms with Crippen molar-refractivity contribution in [3.8, 4) is 11.3 Å². The number of rotatable bonds is 2. The number of nitrogens with one attached hydrogen (secondary N) is 2. The molecule has 0 saturated heterocycles. The number of nitrogens with zero attached hydrogens (tertiary/aromatic N) is 1. The maximum absolute atomic E-state index is 13.8. The number of H-pyrrole nitrogens is 2. The number of aromatic nitrogens is 2. The maximum atomic E-state index is 13.8. The van der Waals surface area contributed by atoms with Crippen molar-refractivity contribution in [1.82, 2.24) is 10.2 Å². The SMILES string of the molecule is CN=Cc1[nH][nH]c1-c1cc(C(F)(F)F)cc(Cl)c1F. The smallest absolute Gasteiger partial charge is 0.298 e. The molecule has 0 bridgehead atoms. The molecule has 1 aromatic carbocycles. The van der Waals surface area contributed by atoms with Gasteiger partial charge >= 0.3 is 6.18 Å². The van der Waals surface area contributed by atoms with Gasteiger partial charge in [-0.3, -0.25) is 15.2 Å². The Morgan fingerprint density at radius 2 is 1.95 bits per heavy atom. The summed E-state index contributed by atoms with van der Waals surface area (Å²) in [6.45, 7) is 0. The number of hydrogen-bond donors (Lipinski definition) is 2.